The highest BCUT2D eigenvalue weighted by atomic mass is 16.2. The topological polar surface area (TPSA) is 96.9 Å². The van der Waals surface area contributed by atoms with Crippen molar-refractivity contribution in [3.05, 3.63) is 78.4 Å². The normalized spacial score (nSPS) is 10.0. The molecule has 0 bridgehead atoms. The molecular formula is C17H13N5O2. The molecule has 7 nitrogen and oxygen atoms in total. The van der Waals surface area contributed by atoms with Crippen LogP contribution in [0.25, 0.3) is 0 Å². The Morgan fingerprint density at radius 1 is 0.708 bits per heavy atom. The van der Waals surface area contributed by atoms with E-state index in [2.05, 4.69) is 25.6 Å². The van der Waals surface area contributed by atoms with Crippen molar-refractivity contribution in [2.45, 2.75) is 0 Å². The number of hydrogen-bond donors (Lipinski definition) is 2. The number of pyridine rings is 3. The Balaban J connectivity index is 1.66. The minimum atomic E-state index is -0.398. The molecule has 0 fully saturated rings. The van der Waals surface area contributed by atoms with Gasteiger partial charge >= 0.3 is 0 Å². The van der Waals surface area contributed by atoms with Gasteiger partial charge in [-0.15, -0.1) is 0 Å². The number of amides is 2. The molecule has 3 aromatic heterocycles. The molecule has 2 N–H and O–H groups in total. The molecule has 3 rings (SSSR count). The number of anilines is 2. The van der Waals surface area contributed by atoms with Crippen molar-refractivity contribution < 1.29 is 9.59 Å². The first-order valence-electron chi connectivity index (χ1n) is 7.13. The SMILES string of the molecule is O=C(Nc1ccccn1)c1ccc(C(=O)Nc2ccccn2)nc1. The van der Waals surface area contributed by atoms with E-state index >= 15 is 0 Å². The van der Waals surface area contributed by atoms with E-state index in [1.165, 1.54) is 18.3 Å². The number of nitrogens with zero attached hydrogens (tertiary/aromatic N) is 3. The van der Waals surface area contributed by atoms with Crippen LogP contribution in [0.4, 0.5) is 11.6 Å². The highest BCUT2D eigenvalue weighted by molar-refractivity contribution is 6.05. The minimum absolute atomic E-state index is 0.190. The lowest BCUT2D eigenvalue weighted by Crippen LogP contribution is -2.16. The van der Waals surface area contributed by atoms with Crippen molar-refractivity contribution in [3.63, 3.8) is 0 Å². The van der Waals surface area contributed by atoms with Gasteiger partial charge < -0.3 is 10.6 Å². The van der Waals surface area contributed by atoms with E-state index in [0.29, 0.717) is 17.2 Å². The Hall–Kier alpha value is -3.61. The summed E-state index contributed by atoms with van der Waals surface area (Å²) in [7, 11) is 0. The van der Waals surface area contributed by atoms with Crippen molar-refractivity contribution in [1.82, 2.24) is 15.0 Å². The van der Waals surface area contributed by atoms with E-state index in [1.807, 2.05) is 0 Å². The van der Waals surface area contributed by atoms with E-state index in [1.54, 1.807) is 48.8 Å². The molecule has 0 spiro atoms. The Kier molecular flexibility index (Phi) is 4.52. The number of nitrogens with one attached hydrogen (secondary N) is 2. The van der Waals surface area contributed by atoms with Gasteiger partial charge in [-0.2, -0.15) is 0 Å². The monoisotopic (exact) mass is 319 g/mol. The Labute approximate surface area is 137 Å². The maximum atomic E-state index is 12.1. The smallest absolute Gasteiger partial charge is 0.275 e. The molecular weight excluding hydrogens is 306 g/mol. The van der Waals surface area contributed by atoms with Crippen LogP contribution in [0.5, 0.6) is 0 Å². The lowest BCUT2D eigenvalue weighted by Gasteiger charge is -2.05. The number of rotatable bonds is 4. The second-order valence-electron chi connectivity index (χ2n) is 4.77. The van der Waals surface area contributed by atoms with Crippen LogP contribution in [-0.2, 0) is 0 Å². The minimum Gasteiger partial charge on any atom is -0.307 e. The zero-order chi connectivity index (χ0) is 16.8. The third-order valence-corrected chi connectivity index (χ3v) is 3.07. The fraction of sp³-hybridized carbons (Fsp3) is 0. The molecule has 7 heteroatoms. The second kappa shape index (κ2) is 7.10. The average molecular weight is 319 g/mol. The predicted octanol–water partition coefficient (Wildman–Crippen LogP) is 2.38. The summed E-state index contributed by atoms with van der Waals surface area (Å²) in [5.74, 6) is 0.129. The maximum Gasteiger partial charge on any atom is 0.275 e. The molecule has 0 unspecified atom stereocenters. The van der Waals surface area contributed by atoms with Crippen LogP contribution in [0, 0.1) is 0 Å². The summed E-state index contributed by atoms with van der Waals surface area (Å²) >= 11 is 0. The molecule has 24 heavy (non-hydrogen) atoms. The quantitative estimate of drug-likeness (QED) is 0.769. The summed E-state index contributed by atoms with van der Waals surface area (Å²) in [5, 5.41) is 5.27. The fourth-order valence-corrected chi connectivity index (χ4v) is 1.90. The van der Waals surface area contributed by atoms with E-state index in [4.69, 9.17) is 0 Å². The number of hydrogen-bond acceptors (Lipinski definition) is 5. The molecule has 0 saturated carbocycles. The maximum absolute atomic E-state index is 12.1. The molecule has 118 valence electrons. The van der Waals surface area contributed by atoms with E-state index in [0.717, 1.165) is 0 Å². The second-order valence-corrected chi connectivity index (χ2v) is 4.77. The van der Waals surface area contributed by atoms with Gasteiger partial charge in [-0.3, -0.25) is 14.6 Å². The summed E-state index contributed by atoms with van der Waals surface area (Å²) in [5.41, 5.74) is 0.519. The summed E-state index contributed by atoms with van der Waals surface area (Å²) < 4.78 is 0. The lowest BCUT2D eigenvalue weighted by atomic mass is 10.2. The van der Waals surface area contributed by atoms with Crippen LogP contribution >= 0.6 is 0 Å². The van der Waals surface area contributed by atoms with Crippen LogP contribution in [0.1, 0.15) is 20.8 Å². The Bertz CT molecular complexity index is 763. The standard InChI is InChI=1S/C17H13N5O2/c23-16(21-14-5-1-3-9-18-14)12-7-8-13(20-11-12)17(24)22-15-6-2-4-10-19-15/h1-11H,(H,18,21,23)(H,19,22,24). The van der Waals surface area contributed by atoms with Gasteiger partial charge in [-0.1, -0.05) is 12.1 Å². The molecule has 0 aromatic carbocycles. The number of carbonyl (C=O) groups excluding carboxylic acids is 2. The van der Waals surface area contributed by atoms with Gasteiger partial charge in [0.1, 0.15) is 17.3 Å². The van der Waals surface area contributed by atoms with Crippen molar-refractivity contribution in [3.8, 4) is 0 Å². The van der Waals surface area contributed by atoms with Crippen LogP contribution in [0.15, 0.2) is 67.1 Å². The molecule has 0 radical (unpaired) electrons. The van der Waals surface area contributed by atoms with Gasteiger partial charge in [0, 0.05) is 18.6 Å². The molecule has 0 atom stereocenters. The molecule has 3 aromatic rings. The third kappa shape index (κ3) is 3.77. The van der Waals surface area contributed by atoms with Crippen molar-refractivity contribution in [2.24, 2.45) is 0 Å². The summed E-state index contributed by atoms with van der Waals surface area (Å²) in [6, 6.07) is 13.4. The highest BCUT2D eigenvalue weighted by Crippen LogP contribution is 2.08. The molecule has 0 aliphatic heterocycles. The predicted molar refractivity (Wildman–Crippen MR) is 88.6 cm³/mol. The van der Waals surface area contributed by atoms with E-state index < -0.39 is 5.91 Å². The van der Waals surface area contributed by atoms with Gasteiger partial charge in [0.05, 0.1) is 5.56 Å². The average Bonchev–Trinajstić information content (AvgIpc) is 2.63. The number of carbonyl (C=O) groups is 2. The molecule has 3 heterocycles. The van der Waals surface area contributed by atoms with Crippen LogP contribution in [0.3, 0.4) is 0 Å². The Morgan fingerprint density at radius 2 is 1.33 bits per heavy atom. The van der Waals surface area contributed by atoms with Crippen LogP contribution in [0.2, 0.25) is 0 Å². The Morgan fingerprint density at radius 3 is 1.83 bits per heavy atom. The van der Waals surface area contributed by atoms with Gasteiger partial charge in [0.2, 0.25) is 0 Å². The van der Waals surface area contributed by atoms with Gasteiger partial charge in [0.15, 0.2) is 0 Å². The zero-order valence-electron chi connectivity index (χ0n) is 12.5. The molecule has 0 aliphatic rings. The van der Waals surface area contributed by atoms with Crippen LogP contribution in [-0.4, -0.2) is 26.8 Å². The van der Waals surface area contributed by atoms with Crippen LogP contribution < -0.4 is 10.6 Å². The number of aromatic nitrogens is 3. The van der Waals surface area contributed by atoms with Crippen molar-refractivity contribution >= 4 is 23.5 Å². The first kappa shape index (κ1) is 15.3. The van der Waals surface area contributed by atoms with Gasteiger partial charge in [-0.25, -0.2) is 9.97 Å². The first-order chi connectivity index (χ1) is 11.7. The summed E-state index contributed by atoms with van der Waals surface area (Å²) in [4.78, 5) is 36.2. The molecule has 2 amide bonds. The highest BCUT2D eigenvalue weighted by Gasteiger charge is 2.11. The third-order valence-electron chi connectivity index (χ3n) is 3.07. The summed E-state index contributed by atoms with van der Waals surface area (Å²) in [6.45, 7) is 0. The molecule has 0 aliphatic carbocycles. The lowest BCUT2D eigenvalue weighted by molar-refractivity contribution is 0.101. The van der Waals surface area contributed by atoms with Crippen molar-refractivity contribution in [1.29, 1.82) is 0 Å². The summed E-state index contributed by atoms with van der Waals surface area (Å²) in [6.07, 6.45) is 4.50. The zero-order valence-corrected chi connectivity index (χ0v) is 12.5. The van der Waals surface area contributed by atoms with E-state index in [9.17, 15) is 9.59 Å². The molecule has 0 saturated heterocycles. The van der Waals surface area contributed by atoms with Crippen molar-refractivity contribution in [2.75, 3.05) is 10.6 Å². The largest absolute Gasteiger partial charge is 0.307 e. The first-order valence-corrected chi connectivity index (χ1v) is 7.13. The van der Waals surface area contributed by atoms with Gasteiger partial charge in [0.25, 0.3) is 11.8 Å². The van der Waals surface area contributed by atoms with E-state index in [-0.39, 0.29) is 11.6 Å². The fourth-order valence-electron chi connectivity index (χ4n) is 1.90. The van der Waals surface area contributed by atoms with Gasteiger partial charge in [-0.05, 0) is 36.4 Å².